The highest BCUT2D eigenvalue weighted by Gasteiger charge is 2.54. The molecule has 0 bridgehead atoms. The Balaban J connectivity index is 2.05. The molecular formula is C23H22F3NO7. The van der Waals surface area contributed by atoms with Gasteiger partial charge in [-0.05, 0) is 36.8 Å². The van der Waals surface area contributed by atoms with E-state index in [9.17, 15) is 27.6 Å². The summed E-state index contributed by atoms with van der Waals surface area (Å²) in [6.45, 7) is 1.38. The SMILES string of the molecule is CCOC(=O)[C@@H]1C(=O)C(=O)N(Cc2ccc(OC(F)(F)F)cc2)[C@@H]1c1c(OC)cccc1OC. The lowest BCUT2D eigenvalue weighted by Crippen LogP contribution is -2.31. The number of esters is 1. The maximum absolute atomic E-state index is 13.0. The zero-order chi connectivity index (χ0) is 25.0. The number of benzene rings is 2. The minimum atomic E-state index is -4.85. The summed E-state index contributed by atoms with van der Waals surface area (Å²) in [5, 5.41) is 0. The first-order chi connectivity index (χ1) is 16.1. The highest BCUT2D eigenvalue weighted by molar-refractivity contribution is 6.42. The Morgan fingerprint density at radius 1 is 1.00 bits per heavy atom. The molecule has 0 radical (unpaired) electrons. The van der Waals surface area contributed by atoms with Crippen molar-refractivity contribution in [3.8, 4) is 17.2 Å². The van der Waals surface area contributed by atoms with Crippen LogP contribution in [0.3, 0.4) is 0 Å². The van der Waals surface area contributed by atoms with Crippen molar-refractivity contribution < 1.29 is 46.5 Å². The van der Waals surface area contributed by atoms with Gasteiger partial charge >= 0.3 is 12.3 Å². The largest absolute Gasteiger partial charge is 0.573 e. The van der Waals surface area contributed by atoms with Crippen molar-refractivity contribution in [2.45, 2.75) is 25.9 Å². The van der Waals surface area contributed by atoms with Crippen LogP contribution in [0.1, 0.15) is 24.1 Å². The van der Waals surface area contributed by atoms with Crippen LogP contribution in [0.4, 0.5) is 13.2 Å². The third kappa shape index (κ3) is 5.08. The molecular weight excluding hydrogens is 459 g/mol. The van der Waals surface area contributed by atoms with Crippen molar-refractivity contribution in [3.63, 3.8) is 0 Å². The average molecular weight is 481 g/mol. The predicted molar refractivity (Wildman–Crippen MR) is 111 cm³/mol. The van der Waals surface area contributed by atoms with Crippen LogP contribution in [0.15, 0.2) is 42.5 Å². The number of Topliss-reactive ketones (excluding diaryl/α,β-unsaturated/α-hetero) is 1. The van der Waals surface area contributed by atoms with Gasteiger partial charge in [0.05, 0.1) is 32.4 Å². The number of methoxy groups -OCH3 is 2. The second kappa shape index (κ2) is 10.0. The van der Waals surface area contributed by atoms with Crippen LogP contribution in [-0.2, 0) is 25.7 Å². The molecule has 34 heavy (non-hydrogen) atoms. The first-order valence-electron chi connectivity index (χ1n) is 10.2. The first-order valence-corrected chi connectivity index (χ1v) is 10.2. The number of nitrogens with zero attached hydrogens (tertiary/aromatic N) is 1. The summed E-state index contributed by atoms with van der Waals surface area (Å²) >= 11 is 0. The fourth-order valence-electron chi connectivity index (χ4n) is 3.85. The normalized spacial score (nSPS) is 18.1. The Bertz CT molecular complexity index is 1050. The molecule has 0 saturated carbocycles. The zero-order valence-electron chi connectivity index (χ0n) is 18.5. The number of hydrogen-bond donors (Lipinski definition) is 0. The summed E-state index contributed by atoms with van der Waals surface area (Å²) < 4.78 is 57.1. The van der Waals surface area contributed by atoms with Gasteiger partial charge in [-0.3, -0.25) is 14.4 Å². The molecule has 1 heterocycles. The van der Waals surface area contributed by atoms with Crippen molar-refractivity contribution in [3.05, 3.63) is 53.6 Å². The minimum absolute atomic E-state index is 0.00670. The fraction of sp³-hybridized carbons (Fsp3) is 0.348. The number of ketones is 1. The Labute approximate surface area is 193 Å². The van der Waals surface area contributed by atoms with Gasteiger partial charge in [0.1, 0.15) is 23.2 Å². The summed E-state index contributed by atoms with van der Waals surface area (Å²) in [6.07, 6.45) is -4.85. The van der Waals surface area contributed by atoms with Crippen molar-refractivity contribution in [1.82, 2.24) is 4.90 Å². The molecule has 1 aliphatic rings. The van der Waals surface area contributed by atoms with Gasteiger partial charge in [-0.1, -0.05) is 18.2 Å². The molecule has 3 rings (SSSR count). The Morgan fingerprint density at radius 2 is 1.59 bits per heavy atom. The van der Waals surface area contributed by atoms with Gasteiger partial charge < -0.3 is 23.8 Å². The number of ether oxygens (including phenoxy) is 4. The van der Waals surface area contributed by atoms with E-state index in [1.807, 2.05) is 0 Å². The molecule has 1 amide bonds. The van der Waals surface area contributed by atoms with Gasteiger partial charge in [0, 0.05) is 6.54 Å². The number of amides is 1. The molecule has 2 atom stereocenters. The number of carbonyl (C=O) groups excluding carboxylic acids is 3. The maximum atomic E-state index is 13.0. The topological polar surface area (TPSA) is 91.4 Å². The molecule has 8 nitrogen and oxygen atoms in total. The van der Waals surface area contributed by atoms with Crippen molar-refractivity contribution in [2.24, 2.45) is 5.92 Å². The van der Waals surface area contributed by atoms with E-state index in [-0.39, 0.29) is 24.7 Å². The molecule has 0 aromatic heterocycles. The lowest BCUT2D eigenvalue weighted by molar-refractivity contribution is -0.274. The van der Waals surface area contributed by atoms with E-state index in [0.717, 1.165) is 17.0 Å². The van der Waals surface area contributed by atoms with Crippen LogP contribution in [-0.4, -0.2) is 49.7 Å². The van der Waals surface area contributed by atoms with Gasteiger partial charge in [-0.25, -0.2) is 0 Å². The summed E-state index contributed by atoms with van der Waals surface area (Å²) in [4.78, 5) is 39.8. The van der Waals surface area contributed by atoms with E-state index < -0.39 is 41.7 Å². The molecule has 1 aliphatic heterocycles. The highest BCUT2D eigenvalue weighted by atomic mass is 19.4. The number of hydrogen-bond acceptors (Lipinski definition) is 7. The lowest BCUT2D eigenvalue weighted by Gasteiger charge is -2.29. The van der Waals surface area contributed by atoms with E-state index >= 15 is 0 Å². The van der Waals surface area contributed by atoms with Gasteiger partial charge in [-0.15, -0.1) is 13.2 Å². The second-order valence-electron chi connectivity index (χ2n) is 7.24. The number of carbonyl (C=O) groups is 3. The second-order valence-corrected chi connectivity index (χ2v) is 7.24. The van der Waals surface area contributed by atoms with Crippen molar-refractivity contribution in [2.75, 3.05) is 20.8 Å². The van der Waals surface area contributed by atoms with Crippen LogP contribution in [0.2, 0.25) is 0 Å². The zero-order valence-corrected chi connectivity index (χ0v) is 18.5. The number of rotatable bonds is 8. The van der Waals surface area contributed by atoms with Crippen LogP contribution in [0.25, 0.3) is 0 Å². The molecule has 182 valence electrons. The van der Waals surface area contributed by atoms with E-state index in [4.69, 9.17) is 14.2 Å². The van der Waals surface area contributed by atoms with Gasteiger partial charge in [-0.2, -0.15) is 0 Å². The van der Waals surface area contributed by atoms with E-state index in [2.05, 4.69) is 4.74 Å². The Hall–Kier alpha value is -3.76. The third-order valence-corrected chi connectivity index (χ3v) is 5.22. The molecule has 11 heteroatoms. The van der Waals surface area contributed by atoms with Crippen molar-refractivity contribution >= 4 is 17.7 Å². The van der Waals surface area contributed by atoms with E-state index in [0.29, 0.717) is 11.1 Å². The summed E-state index contributed by atoms with van der Waals surface area (Å²) in [5.74, 6) is -4.15. The van der Waals surface area contributed by atoms with Crippen LogP contribution < -0.4 is 14.2 Å². The molecule has 2 aromatic carbocycles. The molecule has 1 fully saturated rings. The molecule has 0 unspecified atom stereocenters. The van der Waals surface area contributed by atoms with Crippen LogP contribution in [0.5, 0.6) is 17.2 Å². The minimum Gasteiger partial charge on any atom is -0.496 e. The standard InChI is InChI=1S/C23H22F3NO7/c1-4-33-22(30)18-19(17-15(31-2)6-5-7-16(17)32-3)27(21(29)20(18)28)12-13-8-10-14(11-9-13)34-23(24,25)26/h5-11,18-19H,4,12H2,1-3H3/t18-,19+/m0/s1. The summed E-state index contributed by atoms with van der Waals surface area (Å²) in [7, 11) is 2.78. The van der Waals surface area contributed by atoms with E-state index in [1.54, 1.807) is 25.1 Å². The first kappa shape index (κ1) is 24.9. The Morgan fingerprint density at radius 3 is 2.09 bits per heavy atom. The summed E-state index contributed by atoms with van der Waals surface area (Å²) in [5.41, 5.74) is 0.695. The van der Waals surface area contributed by atoms with Gasteiger partial charge in [0.15, 0.2) is 0 Å². The number of likely N-dealkylation sites (tertiary alicyclic amines) is 1. The molecule has 0 N–H and O–H groups in total. The molecule has 2 aromatic rings. The molecule has 1 saturated heterocycles. The Kier molecular flexibility index (Phi) is 7.33. The maximum Gasteiger partial charge on any atom is 0.573 e. The van der Waals surface area contributed by atoms with Crippen LogP contribution >= 0.6 is 0 Å². The number of halogens is 3. The lowest BCUT2D eigenvalue weighted by atomic mass is 9.91. The smallest absolute Gasteiger partial charge is 0.496 e. The predicted octanol–water partition coefficient (Wildman–Crippen LogP) is 3.43. The highest BCUT2D eigenvalue weighted by Crippen LogP contribution is 2.46. The van der Waals surface area contributed by atoms with Crippen LogP contribution in [0, 0.1) is 5.92 Å². The quantitative estimate of drug-likeness (QED) is 0.324. The fourth-order valence-corrected chi connectivity index (χ4v) is 3.85. The molecule has 0 spiro atoms. The van der Waals surface area contributed by atoms with Gasteiger partial charge in [0.2, 0.25) is 5.78 Å². The van der Waals surface area contributed by atoms with Crippen molar-refractivity contribution in [1.29, 1.82) is 0 Å². The monoisotopic (exact) mass is 481 g/mol. The average Bonchev–Trinajstić information content (AvgIpc) is 3.03. The molecule has 0 aliphatic carbocycles. The third-order valence-electron chi connectivity index (χ3n) is 5.22. The number of alkyl halides is 3. The summed E-state index contributed by atoms with van der Waals surface area (Å²) in [6, 6.07) is 8.53. The van der Waals surface area contributed by atoms with E-state index in [1.165, 1.54) is 26.4 Å². The van der Waals surface area contributed by atoms with Gasteiger partial charge in [0.25, 0.3) is 5.91 Å².